The lowest BCUT2D eigenvalue weighted by Gasteiger charge is -2.23. The van der Waals surface area contributed by atoms with Crippen LogP contribution in [0.15, 0.2) is 12.4 Å². The van der Waals surface area contributed by atoms with Crippen LogP contribution in [0, 0.1) is 0 Å². The van der Waals surface area contributed by atoms with Gasteiger partial charge >= 0.3 is 5.97 Å². The first-order valence-electron chi connectivity index (χ1n) is 5.28. The monoisotopic (exact) mass is 294 g/mol. The van der Waals surface area contributed by atoms with Gasteiger partial charge in [-0.2, -0.15) is 0 Å². The van der Waals surface area contributed by atoms with Gasteiger partial charge in [-0.1, -0.05) is 0 Å². The minimum absolute atomic E-state index is 0. The predicted molar refractivity (Wildman–Crippen MR) is 73.0 cm³/mol. The van der Waals surface area contributed by atoms with Gasteiger partial charge < -0.3 is 15.7 Å². The van der Waals surface area contributed by atoms with Crippen molar-refractivity contribution in [1.82, 2.24) is 15.3 Å². The summed E-state index contributed by atoms with van der Waals surface area (Å²) in [5.74, 6) is -0.509. The van der Waals surface area contributed by atoms with Crippen LogP contribution in [0.4, 0.5) is 5.95 Å². The summed E-state index contributed by atoms with van der Waals surface area (Å²) < 4.78 is 0. The fourth-order valence-corrected chi connectivity index (χ4v) is 1.66. The van der Waals surface area contributed by atoms with E-state index in [-0.39, 0.29) is 30.4 Å². The van der Waals surface area contributed by atoms with Crippen molar-refractivity contribution in [3.8, 4) is 0 Å². The maximum Gasteiger partial charge on any atom is 0.338 e. The third kappa shape index (κ3) is 4.64. The highest BCUT2D eigenvalue weighted by atomic mass is 35.5. The van der Waals surface area contributed by atoms with E-state index in [0.717, 1.165) is 25.9 Å². The molecule has 1 aliphatic rings. The van der Waals surface area contributed by atoms with Crippen molar-refractivity contribution in [1.29, 1.82) is 0 Å². The minimum Gasteiger partial charge on any atom is -0.478 e. The number of carboxylic acids is 1. The number of hydrogen-bond acceptors (Lipinski definition) is 5. The van der Waals surface area contributed by atoms with Crippen molar-refractivity contribution in [3.05, 3.63) is 18.0 Å². The molecule has 1 fully saturated rings. The number of halogens is 2. The van der Waals surface area contributed by atoms with Crippen LogP contribution in [0.3, 0.4) is 0 Å². The number of carbonyl (C=O) groups is 1. The van der Waals surface area contributed by atoms with E-state index in [9.17, 15) is 4.79 Å². The Labute approximate surface area is 117 Å². The molecular formula is C10H16Cl2N4O2. The summed E-state index contributed by atoms with van der Waals surface area (Å²) in [5.41, 5.74) is 0.107. The maximum atomic E-state index is 10.6. The van der Waals surface area contributed by atoms with E-state index in [1.807, 2.05) is 0 Å². The summed E-state index contributed by atoms with van der Waals surface area (Å²) in [6.07, 6.45) is 4.70. The van der Waals surface area contributed by atoms with Gasteiger partial charge in [0.25, 0.3) is 0 Å². The first-order chi connectivity index (χ1) is 7.75. The third-order valence-corrected chi connectivity index (χ3v) is 2.57. The molecule has 3 N–H and O–H groups in total. The molecule has 0 radical (unpaired) electrons. The molecule has 0 spiro atoms. The molecule has 0 atom stereocenters. The van der Waals surface area contributed by atoms with Crippen LogP contribution in [0.5, 0.6) is 0 Å². The van der Waals surface area contributed by atoms with Crippen molar-refractivity contribution in [2.45, 2.75) is 18.9 Å². The molecule has 6 nitrogen and oxygen atoms in total. The lowest BCUT2D eigenvalue weighted by molar-refractivity contribution is 0.0696. The molecule has 1 saturated heterocycles. The number of nitrogens with zero attached hydrogens (tertiary/aromatic N) is 2. The van der Waals surface area contributed by atoms with E-state index in [1.54, 1.807) is 0 Å². The molecule has 0 aromatic carbocycles. The Hall–Kier alpha value is -1.11. The molecule has 0 saturated carbocycles. The number of anilines is 1. The van der Waals surface area contributed by atoms with Gasteiger partial charge in [0, 0.05) is 18.4 Å². The van der Waals surface area contributed by atoms with Crippen LogP contribution in [-0.4, -0.2) is 40.2 Å². The van der Waals surface area contributed by atoms with Gasteiger partial charge in [-0.3, -0.25) is 0 Å². The average molecular weight is 295 g/mol. The highest BCUT2D eigenvalue weighted by Crippen LogP contribution is 2.08. The zero-order chi connectivity index (χ0) is 11.4. The van der Waals surface area contributed by atoms with Crippen molar-refractivity contribution >= 4 is 36.7 Å². The molecule has 8 heteroatoms. The molecule has 102 valence electrons. The second kappa shape index (κ2) is 8.07. The fourth-order valence-electron chi connectivity index (χ4n) is 1.66. The second-order valence-electron chi connectivity index (χ2n) is 3.77. The Bertz CT molecular complexity index is 369. The van der Waals surface area contributed by atoms with Gasteiger partial charge in [0.2, 0.25) is 5.95 Å². The van der Waals surface area contributed by atoms with E-state index in [0.29, 0.717) is 12.0 Å². The molecule has 1 aromatic heterocycles. The molecule has 18 heavy (non-hydrogen) atoms. The summed E-state index contributed by atoms with van der Waals surface area (Å²) in [7, 11) is 0. The Morgan fingerprint density at radius 2 is 1.83 bits per heavy atom. The fraction of sp³-hybridized carbons (Fsp3) is 0.500. The van der Waals surface area contributed by atoms with Gasteiger partial charge in [-0.05, 0) is 25.9 Å². The van der Waals surface area contributed by atoms with Gasteiger partial charge in [-0.15, -0.1) is 24.8 Å². The molecule has 1 aliphatic heterocycles. The van der Waals surface area contributed by atoms with Crippen molar-refractivity contribution in [3.63, 3.8) is 0 Å². The number of piperidine rings is 1. The van der Waals surface area contributed by atoms with Crippen molar-refractivity contribution in [2.75, 3.05) is 18.4 Å². The topological polar surface area (TPSA) is 87.1 Å². The normalized spacial score (nSPS) is 15.1. The molecule has 0 amide bonds. The molecule has 2 rings (SSSR count). The Morgan fingerprint density at radius 1 is 1.28 bits per heavy atom. The smallest absolute Gasteiger partial charge is 0.338 e. The summed E-state index contributed by atoms with van der Waals surface area (Å²) in [6, 6.07) is 0.372. The van der Waals surface area contributed by atoms with Crippen LogP contribution in [0.25, 0.3) is 0 Å². The standard InChI is InChI=1S/C10H14N4O2.2ClH/c15-9(16)7-5-12-10(13-6-7)14-8-1-3-11-4-2-8;;/h5-6,8,11H,1-4H2,(H,15,16)(H,12,13,14);2*1H. The summed E-state index contributed by atoms with van der Waals surface area (Å²) in [6.45, 7) is 1.98. The molecule has 0 bridgehead atoms. The lowest BCUT2D eigenvalue weighted by Crippen LogP contribution is -2.35. The van der Waals surface area contributed by atoms with E-state index in [1.165, 1.54) is 12.4 Å². The highest BCUT2D eigenvalue weighted by molar-refractivity contribution is 5.86. The number of aromatic carboxylic acids is 1. The van der Waals surface area contributed by atoms with E-state index < -0.39 is 5.97 Å². The van der Waals surface area contributed by atoms with Crippen LogP contribution in [0.2, 0.25) is 0 Å². The number of rotatable bonds is 3. The van der Waals surface area contributed by atoms with Gasteiger partial charge in [0.05, 0.1) is 5.56 Å². The zero-order valence-corrected chi connectivity index (χ0v) is 11.3. The Kier molecular flexibility index (Phi) is 7.58. The maximum absolute atomic E-state index is 10.6. The van der Waals surface area contributed by atoms with Gasteiger partial charge in [0.1, 0.15) is 0 Å². The first kappa shape index (κ1) is 16.9. The molecular weight excluding hydrogens is 279 g/mol. The summed E-state index contributed by atoms with van der Waals surface area (Å²) in [5, 5.41) is 15.1. The number of hydrogen-bond donors (Lipinski definition) is 3. The van der Waals surface area contributed by atoms with Gasteiger partial charge in [-0.25, -0.2) is 14.8 Å². The van der Waals surface area contributed by atoms with Crippen LogP contribution < -0.4 is 10.6 Å². The van der Waals surface area contributed by atoms with Crippen molar-refractivity contribution in [2.24, 2.45) is 0 Å². The highest BCUT2D eigenvalue weighted by Gasteiger charge is 2.13. The molecule has 0 unspecified atom stereocenters. The number of nitrogens with one attached hydrogen (secondary N) is 2. The van der Waals surface area contributed by atoms with E-state index >= 15 is 0 Å². The Morgan fingerprint density at radius 3 is 2.33 bits per heavy atom. The zero-order valence-electron chi connectivity index (χ0n) is 9.63. The number of aromatic nitrogens is 2. The van der Waals surface area contributed by atoms with E-state index in [4.69, 9.17) is 5.11 Å². The van der Waals surface area contributed by atoms with Gasteiger partial charge in [0.15, 0.2) is 0 Å². The average Bonchev–Trinajstić information content (AvgIpc) is 2.31. The van der Waals surface area contributed by atoms with E-state index in [2.05, 4.69) is 20.6 Å². The van der Waals surface area contributed by atoms with Crippen LogP contribution >= 0.6 is 24.8 Å². The Balaban J connectivity index is 0.00000144. The first-order valence-corrected chi connectivity index (χ1v) is 5.28. The number of carboxylic acid groups (broad SMARTS) is 1. The molecule has 0 aliphatic carbocycles. The van der Waals surface area contributed by atoms with Crippen molar-refractivity contribution < 1.29 is 9.90 Å². The summed E-state index contributed by atoms with van der Waals surface area (Å²) in [4.78, 5) is 18.5. The second-order valence-corrected chi connectivity index (χ2v) is 3.77. The van der Waals surface area contributed by atoms with Crippen LogP contribution in [-0.2, 0) is 0 Å². The lowest BCUT2D eigenvalue weighted by atomic mass is 10.1. The largest absolute Gasteiger partial charge is 0.478 e. The summed E-state index contributed by atoms with van der Waals surface area (Å²) >= 11 is 0. The quantitative estimate of drug-likeness (QED) is 0.776. The molecule has 2 heterocycles. The third-order valence-electron chi connectivity index (χ3n) is 2.57. The van der Waals surface area contributed by atoms with Crippen LogP contribution in [0.1, 0.15) is 23.2 Å². The molecule has 1 aromatic rings. The SMILES string of the molecule is Cl.Cl.O=C(O)c1cnc(NC2CCNCC2)nc1. The predicted octanol–water partition coefficient (Wildman–Crippen LogP) is 1.18. The minimum atomic E-state index is -1.01.